The van der Waals surface area contributed by atoms with Gasteiger partial charge in [0, 0.05) is 5.56 Å². The molecule has 0 bridgehead atoms. The van der Waals surface area contributed by atoms with Gasteiger partial charge < -0.3 is 23.8 Å². The summed E-state index contributed by atoms with van der Waals surface area (Å²) >= 11 is 0. The van der Waals surface area contributed by atoms with Crippen LogP contribution in [0.3, 0.4) is 0 Å². The van der Waals surface area contributed by atoms with Crippen LogP contribution in [0.2, 0.25) is 0 Å². The zero-order valence-electron chi connectivity index (χ0n) is 21.3. The normalized spacial score (nSPS) is 11.5. The van der Waals surface area contributed by atoms with E-state index in [1.807, 2.05) is 18.2 Å². The minimum atomic E-state index is 0.574. The van der Waals surface area contributed by atoms with Crippen molar-refractivity contribution in [2.45, 2.75) is 71.6 Å². The van der Waals surface area contributed by atoms with Gasteiger partial charge in [0.1, 0.15) is 29.6 Å². The molecule has 0 N–H and O–H groups in total. The monoisotopic (exact) mass is 459 g/mol. The average molecular weight is 460 g/mol. The molecule has 184 valence electrons. The van der Waals surface area contributed by atoms with Crippen molar-refractivity contribution in [2.75, 3.05) is 35.0 Å². The molecule has 0 saturated carbocycles. The maximum atomic E-state index is 5.93. The van der Waals surface area contributed by atoms with Crippen LogP contribution in [0.1, 0.15) is 77.2 Å². The molecule has 0 spiro atoms. The lowest BCUT2D eigenvalue weighted by molar-refractivity contribution is 0.144. The third-order valence-corrected chi connectivity index (χ3v) is 5.78. The lowest BCUT2D eigenvalue weighted by Gasteiger charge is -2.19. The van der Waals surface area contributed by atoms with Gasteiger partial charge in [-0.3, -0.25) is 0 Å². The number of unbranched alkanes of at least 4 members (excludes halogenated alkanes) is 6. The Kier molecular flexibility index (Phi) is 11.7. The molecule has 0 saturated heterocycles. The van der Waals surface area contributed by atoms with Crippen molar-refractivity contribution in [1.82, 2.24) is 0 Å². The van der Waals surface area contributed by atoms with Crippen molar-refractivity contribution in [3.05, 3.63) is 23.8 Å². The molecule has 2 aromatic rings. The second kappa shape index (κ2) is 14.5. The predicted octanol–water partition coefficient (Wildman–Crippen LogP) is 7.15. The lowest BCUT2D eigenvalue weighted by atomic mass is 9.96. The summed E-state index contributed by atoms with van der Waals surface area (Å²) in [6.45, 7) is 4.89. The number of fused-ring (bicyclic) bond motifs is 1. The molecule has 0 amide bonds. The molecule has 0 radical (unpaired) electrons. The first kappa shape index (κ1) is 26.6. The first-order valence-electron chi connectivity index (χ1n) is 12.2. The van der Waals surface area contributed by atoms with Crippen LogP contribution >= 0.6 is 0 Å². The molecular formula is C27H41NO5. The third-order valence-electron chi connectivity index (χ3n) is 5.78. The Labute approximate surface area is 199 Å². The molecule has 0 atom stereocenters. The Hall–Kier alpha value is -2.63. The van der Waals surface area contributed by atoms with Crippen LogP contribution in [0, 0.1) is 0 Å². The van der Waals surface area contributed by atoms with E-state index in [9.17, 15) is 0 Å². The van der Waals surface area contributed by atoms with Gasteiger partial charge in [-0.15, -0.1) is 0 Å². The van der Waals surface area contributed by atoms with Crippen molar-refractivity contribution in [3.8, 4) is 23.0 Å². The zero-order chi connectivity index (χ0) is 24.1. The van der Waals surface area contributed by atoms with Crippen LogP contribution in [0.25, 0.3) is 10.8 Å². The Morgan fingerprint density at radius 1 is 0.697 bits per heavy atom. The molecule has 6 nitrogen and oxygen atoms in total. The van der Waals surface area contributed by atoms with Gasteiger partial charge in [-0.1, -0.05) is 57.5 Å². The summed E-state index contributed by atoms with van der Waals surface area (Å²) in [5, 5.41) is 6.14. The lowest BCUT2D eigenvalue weighted by Crippen LogP contribution is -2.08. The van der Waals surface area contributed by atoms with Gasteiger partial charge in [-0.05, 0) is 37.5 Å². The number of hydrogen-bond donors (Lipinski definition) is 0. The van der Waals surface area contributed by atoms with Crippen LogP contribution < -0.4 is 18.9 Å². The summed E-state index contributed by atoms with van der Waals surface area (Å²) in [6.07, 6.45) is 10.3. The number of rotatable bonds is 16. The molecule has 2 rings (SSSR count). The number of oxime groups is 1. The Morgan fingerprint density at radius 3 is 1.88 bits per heavy atom. The first-order chi connectivity index (χ1) is 16.2. The van der Waals surface area contributed by atoms with Gasteiger partial charge in [-0.2, -0.15) is 0 Å². The molecule has 0 heterocycles. The minimum Gasteiger partial charge on any atom is -0.496 e. The smallest absolute Gasteiger partial charge is 0.140 e. The first-order valence-corrected chi connectivity index (χ1v) is 12.2. The zero-order valence-corrected chi connectivity index (χ0v) is 21.3. The topological polar surface area (TPSA) is 58.5 Å². The van der Waals surface area contributed by atoms with E-state index in [1.54, 1.807) is 28.4 Å². The highest BCUT2D eigenvalue weighted by molar-refractivity contribution is 6.12. The van der Waals surface area contributed by atoms with Crippen molar-refractivity contribution in [2.24, 2.45) is 5.16 Å². The van der Waals surface area contributed by atoms with E-state index in [1.165, 1.54) is 38.5 Å². The molecule has 0 aliphatic carbocycles. The highest BCUT2D eigenvalue weighted by atomic mass is 16.6. The number of methoxy groups -OCH3 is 4. The molecular weight excluding hydrogens is 418 g/mol. The standard InChI is InChI=1S/C27H41NO5/c1-7-9-10-11-12-13-14-15-21(28-33-18-8-2)20-19-24(31-5)25-22(29-3)16-17-23(30-4)26(25)27(20)32-6/h16-17,19H,7-15,18H2,1-6H3. The van der Waals surface area contributed by atoms with Gasteiger partial charge in [0.05, 0.1) is 44.9 Å². The highest BCUT2D eigenvalue weighted by Gasteiger charge is 2.23. The molecule has 0 fully saturated rings. The van der Waals surface area contributed by atoms with Crippen LogP contribution in [0.4, 0.5) is 0 Å². The molecule has 0 aliphatic heterocycles. The van der Waals surface area contributed by atoms with Gasteiger partial charge >= 0.3 is 0 Å². The van der Waals surface area contributed by atoms with E-state index >= 15 is 0 Å². The Balaban J connectivity index is 2.48. The minimum absolute atomic E-state index is 0.574. The van der Waals surface area contributed by atoms with Crippen LogP contribution in [-0.2, 0) is 4.84 Å². The van der Waals surface area contributed by atoms with Crippen LogP contribution in [0.15, 0.2) is 23.4 Å². The van der Waals surface area contributed by atoms with Gasteiger partial charge in [0.2, 0.25) is 0 Å². The maximum absolute atomic E-state index is 5.93. The van der Waals surface area contributed by atoms with E-state index in [-0.39, 0.29) is 0 Å². The number of ether oxygens (including phenoxy) is 4. The Morgan fingerprint density at radius 2 is 1.30 bits per heavy atom. The molecule has 0 unspecified atom stereocenters. The van der Waals surface area contributed by atoms with Crippen LogP contribution in [-0.4, -0.2) is 40.8 Å². The van der Waals surface area contributed by atoms with Gasteiger partial charge in [0.25, 0.3) is 0 Å². The van der Waals surface area contributed by atoms with Crippen molar-refractivity contribution in [3.63, 3.8) is 0 Å². The van der Waals surface area contributed by atoms with E-state index < -0.39 is 0 Å². The van der Waals surface area contributed by atoms with E-state index in [0.717, 1.165) is 41.3 Å². The summed E-state index contributed by atoms with van der Waals surface area (Å²) in [6, 6.07) is 5.73. The maximum Gasteiger partial charge on any atom is 0.140 e. The highest BCUT2D eigenvalue weighted by Crippen LogP contribution is 2.46. The fourth-order valence-electron chi connectivity index (χ4n) is 4.06. The van der Waals surface area contributed by atoms with Gasteiger partial charge in [-0.25, -0.2) is 0 Å². The average Bonchev–Trinajstić information content (AvgIpc) is 2.85. The Bertz CT molecular complexity index is 894. The summed E-state index contributed by atoms with van der Waals surface area (Å²) in [5.74, 6) is 2.75. The number of hydrogen-bond acceptors (Lipinski definition) is 6. The molecule has 6 heteroatoms. The molecule has 0 aromatic heterocycles. The molecule has 33 heavy (non-hydrogen) atoms. The van der Waals surface area contributed by atoms with E-state index in [2.05, 4.69) is 19.0 Å². The fourth-order valence-corrected chi connectivity index (χ4v) is 4.06. The van der Waals surface area contributed by atoms with Crippen molar-refractivity contribution >= 4 is 16.5 Å². The summed E-state index contributed by atoms with van der Waals surface area (Å²) < 4.78 is 23.0. The predicted molar refractivity (Wildman–Crippen MR) is 136 cm³/mol. The van der Waals surface area contributed by atoms with Crippen molar-refractivity contribution in [1.29, 1.82) is 0 Å². The number of benzene rings is 2. The van der Waals surface area contributed by atoms with Crippen molar-refractivity contribution < 1.29 is 23.8 Å². The SMILES string of the molecule is CCCCCCCCCC(=NOCCC)c1cc(OC)c2c(OC)ccc(OC)c2c1OC. The molecule has 0 aliphatic rings. The summed E-state index contributed by atoms with van der Waals surface area (Å²) in [7, 11) is 6.62. The fraction of sp³-hybridized carbons (Fsp3) is 0.593. The summed E-state index contributed by atoms with van der Waals surface area (Å²) in [5.41, 5.74) is 1.72. The van der Waals surface area contributed by atoms with Gasteiger partial charge in [0.15, 0.2) is 0 Å². The van der Waals surface area contributed by atoms with E-state index in [0.29, 0.717) is 29.6 Å². The summed E-state index contributed by atoms with van der Waals surface area (Å²) in [4.78, 5) is 5.63. The second-order valence-corrected chi connectivity index (χ2v) is 8.12. The quantitative estimate of drug-likeness (QED) is 0.152. The number of nitrogens with zero attached hydrogens (tertiary/aromatic N) is 1. The molecule has 2 aromatic carbocycles. The second-order valence-electron chi connectivity index (χ2n) is 8.12. The third kappa shape index (κ3) is 6.92. The van der Waals surface area contributed by atoms with Crippen LogP contribution in [0.5, 0.6) is 23.0 Å². The largest absolute Gasteiger partial charge is 0.496 e. The van der Waals surface area contributed by atoms with E-state index in [4.69, 9.17) is 23.8 Å².